The van der Waals surface area contributed by atoms with Gasteiger partial charge in [0, 0.05) is 24.3 Å². The molecule has 3 rings (SSSR count). The molecule has 2 N–H and O–H groups in total. The molecule has 2 heterocycles. The molecule has 1 fully saturated rings. The van der Waals surface area contributed by atoms with E-state index in [-0.39, 0.29) is 11.9 Å². The second-order valence-corrected chi connectivity index (χ2v) is 5.09. The summed E-state index contributed by atoms with van der Waals surface area (Å²) in [7, 11) is 0. The fourth-order valence-corrected chi connectivity index (χ4v) is 2.03. The molecule has 5 nitrogen and oxygen atoms in total. The van der Waals surface area contributed by atoms with Crippen LogP contribution in [0.2, 0.25) is 0 Å². The molecule has 1 aliphatic carbocycles. The summed E-state index contributed by atoms with van der Waals surface area (Å²) in [4.78, 5) is 11.8. The van der Waals surface area contributed by atoms with E-state index in [1.807, 2.05) is 42.0 Å². The van der Waals surface area contributed by atoms with Crippen molar-refractivity contribution in [1.82, 2.24) is 20.2 Å². The van der Waals surface area contributed by atoms with Crippen LogP contribution in [0.15, 0.2) is 30.6 Å². The van der Waals surface area contributed by atoms with Crippen LogP contribution >= 0.6 is 0 Å². The largest absolute Gasteiger partial charge is 0.352 e. The van der Waals surface area contributed by atoms with Gasteiger partial charge in [-0.05, 0) is 31.9 Å². The van der Waals surface area contributed by atoms with Gasteiger partial charge in [0.1, 0.15) is 0 Å². The molecule has 0 bridgehead atoms. The third kappa shape index (κ3) is 2.76. The van der Waals surface area contributed by atoms with E-state index < -0.39 is 0 Å². The van der Waals surface area contributed by atoms with Crippen molar-refractivity contribution in [1.29, 1.82) is 0 Å². The molecule has 1 atom stereocenters. The zero-order chi connectivity index (χ0) is 13.2. The van der Waals surface area contributed by atoms with Gasteiger partial charge in [0.2, 0.25) is 5.91 Å². The number of carbonyl (C=O) groups excluding carboxylic acids is 1. The summed E-state index contributed by atoms with van der Waals surface area (Å²) < 4.78 is 1.84. The smallest absolute Gasteiger partial charge is 0.237 e. The Balaban J connectivity index is 1.60. The minimum absolute atomic E-state index is 0.0824. The van der Waals surface area contributed by atoms with Gasteiger partial charge in [0.25, 0.3) is 0 Å². The van der Waals surface area contributed by atoms with Gasteiger partial charge in [-0.3, -0.25) is 4.79 Å². The monoisotopic (exact) mass is 258 g/mol. The first-order chi connectivity index (χ1) is 9.24. The topological polar surface area (TPSA) is 58.4 Å². The Morgan fingerprint density at radius 3 is 3.16 bits per heavy atom. The molecular weight excluding hydrogens is 240 g/mol. The number of nitrogens with one attached hydrogen (secondary N) is 2. The molecule has 5 heteroatoms. The number of amides is 1. The molecule has 0 aromatic carbocycles. The van der Waals surface area contributed by atoms with E-state index in [9.17, 15) is 4.79 Å². The van der Waals surface area contributed by atoms with Crippen LogP contribution in [0.3, 0.4) is 0 Å². The molecular formula is C14H18N4O. The van der Waals surface area contributed by atoms with Crippen LogP contribution in [0, 0.1) is 0 Å². The van der Waals surface area contributed by atoms with Crippen molar-refractivity contribution >= 4 is 11.4 Å². The quantitative estimate of drug-likeness (QED) is 0.844. The van der Waals surface area contributed by atoms with Gasteiger partial charge in [-0.15, -0.1) is 0 Å². The Bertz CT molecular complexity index is 588. The molecule has 1 saturated carbocycles. The van der Waals surface area contributed by atoms with E-state index in [1.165, 1.54) is 0 Å². The van der Waals surface area contributed by atoms with Gasteiger partial charge >= 0.3 is 0 Å². The van der Waals surface area contributed by atoms with Gasteiger partial charge in [-0.1, -0.05) is 6.07 Å². The maximum Gasteiger partial charge on any atom is 0.237 e. The molecule has 100 valence electrons. The normalized spacial score (nSPS) is 16.5. The minimum Gasteiger partial charge on any atom is -0.352 e. The third-order valence-corrected chi connectivity index (χ3v) is 3.42. The molecule has 0 radical (unpaired) electrons. The lowest BCUT2D eigenvalue weighted by Crippen LogP contribution is -2.42. The van der Waals surface area contributed by atoms with E-state index in [0.717, 1.165) is 23.9 Å². The van der Waals surface area contributed by atoms with Crippen LogP contribution < -0.4 is 10.6 Å². The van der Waals surface area contributed by atoms with Crippen LogP contribution in [-0.4, -0.2) is 27.6 Å². The zero-order valence-corrected chi connectivity index (χ0v) is 11.0. The van der Waals surface area contributed by atoms with Crippen molar-refractivity contribution in [2.75, 3.05) is 0 Å². The zero-order valence-electron chi connectivity index (χ0n) is 11.0. The Labute approximate surface area is 112 Å². The van der Waals surface area contributed by atoms with Gasteiger partial charge in [0.15, 0.2) is 0 Å². The summed E-state index contributed by atoms with van der Waals surface area (Å²) in [5.41, 5.74) is 2.18. The van der Waals surface area contributed by atoms with Crippen molar-refractivity contribution in [2.24, 2.45) is 0 Å². The number of aromatic nitrogens is 2. The highest BCUT2D eigenvalue weighted by molar-refractivity contribution is 5.81. The maximum atomic E-state index is 11.8. The third-order valence-electron chi connectivity index (χ3n) is 3.42. The second-order valence-electron chi connectivity index (χ2n) is 5.09. The molecule has 19 heavy (non-hydrogen) atoms. The number of rotatable bonds is 5. The standard InChI is InChI=1S/C14H18N4O/c1-10(14(19)17-12-5-6-12)15-8-11-9-16-18-7-3-2-4-13(11)18/h2-4,7,9-10,12,15H,5-6,8H2,1H3,(H,17,19). The summed E-state index contributed by atoms with van der Waals surface area (Å²) in [6.07, 6.45) is 5.99. The Morgan fingerprint density at radius 2 is 2.37 bits per heavy atom. The van der Waals surface area contributed by atoms with E-state index in [0.29, 0.717) is 12.6 Å². The lowest BCUT2D eigenvalue weighted by Gasteiger charge is -2.13. The summed E-state index contributed by atoms with van der Waals surface area (Å²) in [5.74, 6) is 0.0824. The van der Waals surface area contributed by atoms with Crippen LogP contribution in [0.4, 0.5) is 0 Å². The van der Waals surface area contributed by atoms with Crippen LogP contribution in [0.1, 0.15) is 25.3 Å². The highest BCUT2D eigenvalue weighted by Gasteiger charge is 2.25. The average Bonchev–Trinajstić information content (AvgIpc) is 3.14. The van der Waals surface area contributed by atoms with Crippen molar-refractivity contribution in [2.45, 2.75) is 38.4 Å². The summed E-state index contributed by atoms with van der Waals surface area (Å²) in [6, 6.07) is 6.19. The highest BCUT2D eigenvalue weighted by atomic mass is 16.2. The molecule has 0 spiro atoms. The van der Waals surface area contributed by atoms with Crippen molar-refractivity contribution in [3.05, 3.63) is 36.2 Å². The molecule has 1 amide bonds. The molecule has 1 aliphatic rings. The van der Waals surface area contributed by atoms with Crippen molar-refractivity contribution in [3.63, 3.8) is 0 Å². The molecule has 0 saturated heterocycles. The van der Waals surface area contributed by atoms with Gasteiger partial charge in [0.05, 0.1) is 17.8 Å². The van der Waals surface area contributed by atoms with E-state index in [4.69, 9.17) is 0 Å². The number of pyridine rings is 1. The Morgan fingerprint density at radius 1 is 1.53 bits per heavy atom. The fourth-order valence-electron chi connectivity index (χ4n) is 2.03. The first-order valence-corrected chi connectivity index (χ1v) is 6.69. The van der Waals surface area contributed by atoms with E-state index in [2.05, 4.69) is 15.7 Å². The van der Waals surface area contributed by atoms with Gasteiger partial charge in [-0.2, -0.15) is 5.10 Å². The molecule has 1 unspecified atom stereocenters. The van der Waals surface area contributed by atoms with Crippen LogP contribution in [0.25, 0.3) is 5.52 Å². The van der Waals surface area contributed by atoms with Crippen LogP contribution in [0.5, 0.6) is 0 Å². The lowest BCUT2D eigenvalue weighted by atomic mass is 10.2. The van der Waals surface area contributed by atoms with Crippen molar-refractivity contribution < 1.29 is 4.79 Å². The second kappa shape index (κ2) is 5.01. The number of hydrogen-bond acceptors (Lipinski definition) is 3. The Kier molecular flexibility index (Phi) is 3.21. The van der Waals surface area contributed by atoms with Crippen LogP contribution in [-0.2, 0) is 11.3 Å². The lowest BCUT2D eigenvalue weighted by molar-refractivity contribution is -0.122. The Hall–Kier alpha value is -1.88. The molecule has 2 aromatic rings. The summed E-state index contributed by atoms with van der Waals surface area (Å²) in [6.45, 7) is 2.54. The van der Waals surface area contributed by atoms with E-state index in [1.54, 1.807) is 0 Å². The predicted molar refractivity (Wildman–Crippen MR) is 72.7 cm³/mol. The number of hydrogen-bond donors (Lipinski definition) is 2. The van der Waals surface area contributed by atoms with Gasteiger partial charge in [-0.25, -0.2) is 4.52 Å². The van der Waals surface area contributed by atoms with E-state index >= 15 is 0 Å². The average molecular weight is 258 g/mol. The first-order valence-electron chi connectivity index (χ1n) is 6.69. The minimum atomic E-state index is -0.181. The first kappa shape index (κ1) is 12.2. The van der Waals surface area contributed by atoms with Gasteiger partial charge < -0.3 is 10.6 Å². The highest BCUT2D eigenvalue weighted by Crippen LogP contribution is 2.18. The molecule has 2 aromatic heterocycles. The number of fused-ring (bicyclic) bond motifs is 1. The summed E-state index contributed by atoms with van der Waals surface area (Å²) in [5, 5.41) is 10.5. The summed E-state index contributed by atoms with van der Waals surface area (Å²) >= 11 is 0. The fraction of sp³-hybridized carbons (Fsp3) is 0.429. The SMILES string of the molecule is CC(NCc1cnn2ccccc12)C(=O)NC1CC1. The van der Waals surface area contributed by atoms with Crippen molar-refractivity contribution in [3.8, 4) is 0 Å². The maximum absolute atomic E-state index is 11.8. The number of nitrogens with zero attached hydrogens (tertiary/aromatic N) is 2. The predicted octanol–water partition coefficient (Wildman–Crippen LogP) is 1.09. The molecule has 0 aliphatic heterocycles. The number of carbonyl (C=O) groups is 1.